The van der Waals surface area contributed by atoms with Crippen LogP contribution in [-0.4, -0.2) is 18.7 Å². The summed E-state index contributed by atoms with van der Waals surface area (Å²) in [6, 6.07) is 14.9. The largest absolute Gasteiger partial charge is 0.490 e. The zero-order valence-corrected chi connectivity index (χ0v) is 19.0. The average Bonchev–Trinajstić information content (AvgIpc) is 2.80. The first-order chi connectivity index (χ1) is 15.9. The molecule has 1 N–H and O–H groups in total. The molecule has 0 radical (unpaired) electrons. The van der Waals surface area contributed by atoms with Crippen molar-refractivity contribution in [1.29, 1.82) is 5.26 Å². The van der Waals surface area contributed by atoms with Crippen LogP contribution in [0.2, 0.25) is 0 Å². The molecule has 3 rings (SSSR count). The van der Waals surface area contributed by atoms with E-state index in [0.29, 0.717) is 33.7 Å². The number of nitriles is 1. The van der Waals surface area contributed by atoms with E-state index in [4.69, 9.17) is 14.7 Å². The summed E-state index contributed by atoms with van der Waals surface area (Å²) in [6.07, 6.45) is 1.35. The summed E-state index contributed by atoms with van der Waals surface area (Å²) < 4.78 is 39.8. The number of benzene rings is 3. The van der Waals surface area contributed by atoms with E-state index >= 15 is 0 Å². The molecule has 3 aromatic rings. The summed E-state index contributed by atoms with van der Waals surface area (Å²) >= 11 is 3.41. The Hall–Kier alpha value is -3.77. The number of hydrogen-bond acceptors (Lipinski definition) is 5. The summed E-state index contributed by atoms with van der Waals surface area (Å²) in [4.78, 5) is 12.2. The topological polar surface area (TPSA) is 83.7 Å². The fourth-order valence-corrected chi connectivity index (χ4v) is 3.22. The molecule has 6 nitrogen and oxygen atoms in total. The van der Waals surface area contributed by atoms with Gasteiger partial charge in [0.2, 0.25) is 0 Å². The van der Waals surface area contributed by atoms with E-state index in [0.717, 1.165) is 6.07 Å². The van der Waals surface area contributed by atoms with Crippen molar-refractivity contribution in [1.82, 2.24) is 5.43 Å². The quantitative estimate of drug-likeness (QED) is 0.325. The highest BCUT2D eigenvalue weighted by atomic mass is 79.9. The van der Waals surface area contributed by atoms with Gasteiger partial charge in [-0.05, 0) is 59.3 Å². The normalized spacial score (nSPS) is 10.6. The summed E-state index contributed by atoms with van der Waals surface area (Å²) in [6.45, 7) is 2.19. The molecule has 0 saturated carbocycles. The van der Waals surface area contributed by atoms with Gasteiger partial charge in [-0.1, -0.05) is 18.2 Å². The van der Waals surface area contributed by atoms with Crippen LogP contribution in [0.5, 0.6) is 11.5 Å². The highest BCUT2D eigenvalue weighted by molar-refractivity contribution is 9.10. The molecule has 0 unspecified atom stereocenters. The monoisotopic (exact) mass is 513 g/mol. The average molecular weight is 514 g/mol. The van der Waals surface area contributed by atoms with Crippen LogP contribution in [0.3, 0.4) is 0 Å². The lowest BCUT2D eigenvalue weighted by atomic mass is 10.1. The molecule has 33 heavy (non-hydrogen) atoms. The van der Waals surface area contributed by atoms with Gasteiger partial charge in [0.05, 0.1) is 30.0 Å². The van der Waals surface area contributed by atoms with Gasteiger partial charge in [-0.25, -0.2) is 14.2 Å². The zero-order chi connectivity index (χ0) is 23.8. The van der Waals surface area contributed by atoms with E-state index in [1.54, 1.807) is 36.4 Å². The number of ether oxygens (including phenoxy) is 2. The first kappa shape index (κ1) is 23.9. The van der Waals surface area contributed by atoms with Gasteiger partial charge < -0.3 is 9.47 Å². The lowest BCUT2D eigenvalue weighted by molar-refractivity contribution is 0.0951. The standard InChI is InChI=1S/C24H18BrF2N3O3/c1-2-32-22-10-17(13-29-30-24(31)18-8-7-15(12-28)9-21(18)27)19(25)11-23(22)33-14-16-5-3-4-6-20(16)26/h3-11,13H,2,14H2,1H3,(H,30,31)/b29-13-. The smallest absolute Gasteiger partial charge is 0.274 e. The molecule has 0 saturated heterocycles. The van der Waals surface area contributed by atoms with Crippen LogP contribution < -0.4 is 14.9 Å². The Morgan fingerprint density at radius 3 is 2.58 bits per heavy atom. The van der Waals surface area contributed by atoms with Crippen LogP contribution in [0.15, 0.2) is 64.2 Å². The van der Waals surface area contributed by atoms with Gasteiger partial charge in [0, 0.05) is 15.6 Å². The molecule has 0 aliphatic heterocycles. The first-order valence-electron chi connectivity index (χ1n) is 9.78. The Bertz CT molecular complexity index is 1240. The molecule has 9 heteroatoms. The van der Waals surface area contributed by atoms with Crippen molar-refractivity contribution in [3.05, 3.63) is 93.0 Å². The second-order valence-corrected chi connectivity index (χ2v) is 7.49. The number of carbonyl (C=O) groups excluding carboxylic acids is 1. The Morgan fingerprint density at radius 2 is 1.88 bits per heavy atom. The Morgan fingerprint density at radius 1 is 1.12 bits per heavy atom. The second kappa shape index (κ2) is 11.2. The van der Waals surface area contributed by atoms with Gasteiger partial charge in [0.25, 0.3) is 5.91 Å². The minimum absolute atomic E-state index is 0.0127. The molecule has 0 aliphatic carbocycles. The number of halogens is 3. The van der Waals surface area contributed by atoms with Crippen LogP contribution in [0, 0.1) is 23.0 Å². The van der Waals surface area contributed by atoms with Crippen molar-refractivity contribution in [3.63, 3.8) is 0 Å². The third-order valence-electron chi connectivity index (χ3n) is 4.42. The first-order valence-corrected chi connectivity index (χ1v) is 10.6. The minimum atomic E-state index is -0.821. The van der Waals surface area contributed by atoms with Gasteiger partial charge in [0.15, 0.2) is 11.5 Å². The number of nitrogens with zero attached hydrogens (tertiary/aromatic N) is 2. The van der Waals surface area contributed by atoms with E-state index in [9.17, 15) is 13.6 Å². The minimum Gasteiger partial charge on any atom is -0.490 e. The lowest BCUT2D eigenvalue weighted by Crippen LogP contribution is -2.19. The van der Waals surface area contributed by atoms with Gasteiger partial charge in [-0.2, -0.15) is 10.4 Å². The summed E-state index contributed by atoms with van der Waals surface area (Å²) in [5, 5.41) is 12.7. The van der Waals surface area contributed by atoms with E-state index in [1.807, 2.05) is 6.92 Å². The highest BCUT2D eigenvalue weighted by Gasteiger charge is 2.13. The Labute approximate surface area is 197 Å². The van der Waals surface area contributed by atoms with E-state index in [2.05, 4.69) is 26.5 Å². The number of rotatable bonds is 8. The molecule has 0 spiro atoms. The van der Waals surface area contributed by atoms with Crippen molar-refractivity contribution < 1.29 is 23.0 Å². The van der Waals surface area contributed by atoms with Crippen molar-refractivity contribution in [2.45, 2.75) is 13.5 Å². The Balaban J connectivity index is 1.74. The van der Waals surface area contributed by atoms with Crippen LogP contribution in [-0.2, 0) is 6.61 Å². The number of hydrazone groups is 1. The molecule has 168 valence electrons. The second-order valence-electron chi connectivity index (χ2n) is 6.64. The third-order valence-corrected chi connectivity index (χ3v) is 5.10. The predicted molar refractivity (Wildman–Crippen MR) is 122 cm³/mol. The van der Waals surface area contributed by atoms with E-state index < -0.39 is 11.7 Å². The van der Waals surface area contributed by atoms with Crippen molar-refractivity contribution in [2.24, 2.45) is 5.10 Å². The van der Waals surface area contributed by atoms with E-state index in [1.165, 1.54) is 24.4 Å². The molecule has 0 atom stereocenters. The number of amides is 1. The Kier molecular flexibility index (Phi) is 8.11. The highest BCUT2D eigenvalue weighted by Crippen LogP contribution is 2.34. The van der Waals surface area contributed by atoms with Gasteiger partial charge in [-0.3, -0.25) is 4.79 Å². The van der Waals surface area contributed by atoms with Gasteiger partial charge in [-0.15, -0.1) is 0 Å². The molecule has 0 aromatic heterocycles. The van der Waals surface area contributed by atoms with Crippen LogP contribution >= 0.6 is 15.9 Å². The molecule has 0 heterocycles. The van der Waals surface area contributed by atoms with Crippen LogP contribution in [0.25, 0.3) is 0 Å². The van der Waals surface area contributed by atoms with Gasteiger partial charge in [0.1, 0.15) is 18.2 Å². The van der Waals surface area contributed by atoms with Crippen LogP contribution in [0.4, 0.5) is 8.78 Å². The van der Waals surface area contributed by atoms with Crippen molar-refractivity contribution >= 4 is 28.1 Å². The molecule has 0 fully saturated rings. The number of hydrogen-bond donors (Lipinski definition) is 1. The summed E-state index contributed by atoms with van der Waals surface area (Å²) in [5.74, 6) is -1.15. The van der Waals surface area contributed by atoms with Crippen LogP contribution in [0.1, 0.15) is 34.0 Å². The molecule has 3 aromatic carbocycles. The summed E-state index contributed by atoms with van der Waals surface area (Å²) in [5.41, 5.74) is 3.07. The molecular formula is C24H18BrF2N3O3. The van der Waals surface area contributed by atoms with E-state index in [-0.39, 0.29) is 23.6 Å². The predicted octanol–water partition coefficient (Wildman–Crippen LogP) is 5.34. The zero-order valence-electron chi connectivity index (χ0n) is 17.4. The molecular weight excluding hydrogens is 496 g/mol. The fourth-order valence-electron chi connectivity index (χ4n) is 2.79. The lowest BCUT2D eigenvalue weighted by Gasteiger charge is -2.14. The summed E-state index contributed by atoms with van der Waals surface area (Å²) in [7, 11) is 0. The maximum absolute atomic E-state index is 14.0. The SMILES string of the molecule is CCOc1cc(/C=N\NC(=O)c2ccc(C#N)cc2F)c(Br)cc1OCc1ccccc1F. The third kappa shape index (κ3) is 6.14. The number of carbonyl (C=O) groups is 1. The fraction of sp³-hybridized carbons (Fsp3) is 0.125. The maximum atomic E-state index is 14.0. The molecule has 0 bridgehead atoms. The van der Waals surface area contributed by atoms with Gasteiger partial charge >= 0.3 is 0 Å². The number of nitrogens with one attached hydrogen (secondary N) is 1. The molecule has 0 aliphatic rings. The maximum Gasteiger partial charge on any atom is 0.274 e. The van der Waals surface area contributed by atoms with Crippen molar-refractivity contribution in [3.8, 4) is 17.6 Å². The van der Waals surface area contributed by atoms with Crippen molar-refractivity contribution in [2.75, 3.05) is 6.61 Å². The molecule has 1 amide bonds.